The fourth-order valence-electron chi connectivity index (χ4n) is 4.57. The first-order valence-electron chi connectivity index (χ1n) is 11.9. The largest absolute Gasteiger partial charge is 0.379 e. The molecule has 0 saturated carbocycles. The Kier molecular flexibility index (Phi) is 6.64. The van der Waals surface area contributed by atoms with E-state index >= 15 is 0 Å². The van der Waals surface area contributed by atoms with Crippen LogP contribution in [-0.4, -0.2) is 78.4 Å². The number of aromatic nitrogens is 1. The summed E-state index contributed by atoms with van der Waals surface area (Å²) < 4.78 is 6.48. The molecular weight excluding hydrogens is 464 g/mol. The van der Waals surface area contributed by atoms with Gasteiger partial charge in [-0.3, -0.25) is 29.1 Å². The van der Waals surface area contributed by atoms with Gasteiger partial charge in [0.25, 0.3) is 11.8 Å². The Hall–Kier alpha value is -3.14. The highest BCUT2D eigenvalue weighted by Gasteiger charge is 2.37. The molecule has 1 aromatic heterocycles. The molecule has 35 heavy (non-hydrogen) atoms. The smallest absolute Gasteiger partial charge is 0.262 e. The van der Waals surface area contributed by atoms with Gasteiger partial charge in [0.05, 0.1) is 34.6 Å². The average molecular weight is 493 g/mol. The molecule has 0 spiro atoms. The molecule has 2 aromatic carbocycles. The Bertz CT molecular complexity index is 1220. The number of rotatable bonds is 7. The summed E-state index contributed by atoms with van der Waals surface area (Å²) in [6.07, 6.45) is 0.752. The number of benzene rings is 2. The number of carbonyl (C=O) groups excluding carboxylic acids is 3. The fourth-order valence-corrected chi connectivity index (χ4v) is 5.73. The van der Waals surface area contributed by atoms with Crippen LogP contribution in [0, 0.1) is 13.8 Å². The summed E-state index contributed by atoms with van der Waals surface area (Å²) in [6.45, 7) is 8.22. The molecule has 0 N–H and O–H groups in total. The van der Waals surface area contributed by atoms with E-state index in [0.717, 1.165) is 65.5 Å². The molecule has 5 rings (SSSR count). The molecular formula is C26H28N4O4S. The van der Waals surface area contributed by atoms with Crippen LogP contribution in [0.2, 0.25) is 0 Å². The minimum absolute atomic E-state index is 0.308. The lowest BCUT2D eigenvalue weighted by Gasteiger charge is -2.28. The van der Waals surface area contributed by atoms with Crippen LogP contribution in [0.25, 0.3) is 10.2 Å². The van der Waals surface area contributed by atoms with Crippen LogP contribution >= 0.6 is 11.3 Å². The Morgan fingerprint density at radius 2 is 1.69 bits per heavy atom. The number of ether oxygens (including phenoxy) is 1. The van der Waals surface area contributed by atoms with Crippen molar-refractivity contribution in [2.75, 3.05) is 50.8 Å². The van der Waals surface area contributed by atoms with E-state index in [1.807, 2.05) is 19.9 Å². The van der Waals surface area contributed by atoms with Crippen molar-refractivity contribution in [3.63, 3.8) is 0 Å². The van der Waals surface area contributed by atoms with E-state index in [9.17, 15) is 14.4 Å². The van der Waals surface area contributed by atoms with Crippen molar-refractivity contribution in [2.24, 2.45) is 0 Å². The molecule has 3 heterocycles. The molecule has 2 aliphatic heterocycles. The Labute approximate surface area is 208 Å². The standard InChI is InChI=1S/C26H28N4O4S/c1-17-8-9-18(2)23-22(17)27-26(35-23)29(11-5-10-28-12-14-34-15-13-28)21(31)16-30-24(32)19-6-3-4-7-20(19)25(30)33/h3-4,6-9H,5,10-16H2,1-2H3. The second-order valence-corrected chi connectivity index (χ2v) is 9.95. The summed E-state index contributed by atoms with van der Waals surface area (Å²) in [7, 11) is 0. The number of nitrogens with zero attached hydrogens (tertiary/aromatic N) is 4. The summed E-state index contributed by atoms with van der Waals surface area (Å²) in [6, 6.07) is 10.8. The van der Waals surface area contributed by atoms with Gasteiger partial charge in [-0.15, -0.1) is 0 Å². The Morgan fingerprint density at radius 3 is 2.34 bits per heavy atom. The molecule has 1 saturated heterocycles. The molecule has 0 bridgehead atoms. The minimum Gasteiger partial charge on any atom is -0.379 e. The number of aryl methyl sites for hydroxylation is 2. The highest BCUT2D eigenvalue weighted by atomic mass is 32.1. The second kappa shape index (κ2) is 9.85. The molecule has 0 radical (unpaired) electrons. The first kappa shape index (κ1) is 23.6. The van der Waals surface area contributed by atoms with Crippen LogP contribution in [0.3, 0.4) is 0 Å². The molecule has 3 amide bonds. The summed E-state index contributed by atoms with van der Waals surface area (Å²) in [4.78, 5) is 49.1. The molecule has 1 fully saturated rings. The van der Waals surface area contributed by atoms with Crippen LogP contribution in [0.5, 0.6) is 0 Å². The topological polar surface area (TPSA) is 83.0 Å². The average Bonchev–Trinajstić information content (AvgIpc) is 3.42. The normalized spacial score (nSPS) is 16.2. The van der Waals surface area contributed by atoms with E-state index in [4.69, 9.17) is 9.72 Å². The summed E-state index contributed by atoms with van der Waals surface area (Å²) in [5.41, 5.74) is 3.73. The third-order valence-corrected chi connectivity index (χ3v) is 7.81. The Balaban J connectivity index is 1.39. The molecule has 0 unspecified atom stereocenters. The van der Waals surface area contributed by atoms with Crippen LogP contribution < -0.4 is 4.90 Å². The van der Waals surface area contributed by atoms with Crippen molar-refractivity contribution in [1.29, 1.82) is 0 Å². The van der Waals surface area contributed by atoms with Gasteiger partial charge in [0.2, 0.25) is 5.91 Å². The van der Waals surface area contributed by atoms with Gasteiger partial charge in [-0.05, 0) is 43.5 Å². The van der Waals surface area contributed by atoms with E-state index < -0.39 is 11.8 Å². The molecule has 182 valence electrons. The number of hydrogen-bond donors (Lipinski definition) is 0. The predicted octanol–water partition coefficient (Wildman–Crippen LogP) is 3.26. The van der Waals surface area contributed by atoms with Gasteiger partial charge in [-0.1, -0.05) is 35.6 Å². The summed E-state index contributed by atoms with van der Waals surface area (Å²) in [5, 5.41) is 0.598. The van der Waals surface area contributed by atoms with E-state index in [2.05, 4.69) is 11.0 Å². The predicted molar refractivity (Wildman–Crippen MR) is 135 cm³/mol. The van der Waals surface area contributed by atoms with Crippen LogP contribution in [0.1, 0.15) is 38.3 Å². The maximum Gasteiger partial charge on any atom is 0.262 e. The van der Waals surface area contributed by atoms with Gasteiger partial charge >= 0.3 is 0 Å². The maximum absolute atomic E-state index is 13.6. The van der Waals surface area contributed by atoms with Gasteiger partial charge in [-0.2, -0.15) is 0 Å². The summed E-state index contributed by atoms with van der Waals surface area (Å²) >= 11 is 1.48. The number of carbonyl (C=O) groups is 3. The lowest BCUT2D eigenvalue weighted by atomic mass is 10.1. The van der Waals surface area contributed by atoms with Gasteiger partial charge in [-0.25, -0.2) is 4.98 Å². The van der Waals surface area contributed by atoms with Crippen LogP contribution in [0.15, 0.2) is 36.4 Å². The lowest BCUT2D eigenvalue weighted by Crippen LogP contribution is -2.44. The van der Waals surface area contributed by atoms with Gasteiger partial charge in [0.15, 0.2) is 5.13 Å². The van der Waals surface area contributed by atoms with Crippen molar-refractivity contribution in [3.05, 3.63) is 58.7 Å². The number of amides is 3. The maximum atomic E-state index is 13.6. The monoisotopic (exact) mass is 492 g/mol. The van der Waals surface area contributed by atoms with Crippen molar-refractivity contribution in [2.45, 2.75) is 20.3 Å². The molecule has 3 aromatic rings. The quantitative estimate of drug-likeness (QED) is 0.471. The van der Waals surface area contributed by atoms with Crippen LogP contribution in [0.4, 0.5) is 5.13 Å². The first-order valence-corrected chi connectivity index (χ1v) is 12.7. The third-order valence-electron chi connectivity index (χ3n) is 6.59. The van der Waals surface area contributed by atoms with E-state index in [0.29, 0.717) is 22.8 Å². The van der Waals surface area contributed by atoms with Crippen LogP contribution in [-0.2, 0) is 9.53 Å². The van der Waals surface area contributed by atoms with Crippen molar-refractivity contribution >= 4 is 44.4 Å². The van der Waals surface area contributed by atoms with Gasteiger partial charge < -0.3 is 4.74 Å². The number of imide groups is 1. The number of morpholine rings is 1. The highest BCUT2D eigenvalue weighted by molar-refractivity contribution is 7.22. The zero-order valence-electron chi connectivity index (χ0n) is 20.0. The zero-order valence-corrected chi connectivity index (χ0v) is 20.8. The molecule has 0 atom stereocenters. The minimum atomic E-state index is -0.428. The molecule has 8 nitrogen and oxygen atoms in total. The van der Waals surface area contributed by atoms with Gasteiger partial charge in [0.1, 0.15) is 6.54 Å². The zero-order chi connectivity index (χ0) is 24.5. The van der Waals surface area contributed by atoms with E-state index in [1.54, 1.807) is 29.2 Å². The fraction of sp³-hybridized carbons (Fsp3) is 0.385. The van der Waals surface area contributed by atoms with Crippen molar-refractivity contribution in [1.82, 2.24) is 14.8 Å². The van der Waals surface area contributed by atoms with Gasteiger partial charge in [0, 0.05) is 26.2 Å². The number of anilines is 1. The molecule has 9 heteroatoms. The first-order chi connectivity index (χ1) is 16.9. The number of thiazole rings is 1. The number of hydrogen-bond acceptors (Lipinski definition) is 7. The van der Waals surface area contributed by atoms with Crippen molar-refractivity contribution < 1.29 is 19.1 Å². The third kappa shape index (κ3) is 4.59. The van der Waals surface area contributed by atoms with Crippen molar-refractivity contribution in [3.8, 4) is 0 Å². The molecule has 0 aliphatic carbocycles. The SMILES string of the molecule is Cc1ccc(C)c2sc(N(CCCN3CCOCC3)C(=O)CN3C(=O)c4ccccc4C3=O)nc12. The Morgan fingerprint density at radius 1 is 1.03 bits per heavy atom. The summed E-state index contributed by atoms with van der Waals surface area (Å²) in [5.74, 6) is -1.16. The highest BCUT2D eigenvalue weighted by Crippen LogP contribution is 2.33. The number of fused-ring (bicyclic) bond motifs is 2. The van der Waals surface area contributed by atoms with E-state index in [1.165, 1.54) is 11.3 Å². The second-order valence-electron chi connectivity index (χ2n) is 8.97. The van der Waals surface area contributed by atoms with E-state index in [-0.39, 0.29) is 12.5 Å². The molecule has 2 aliphatic rings. The lowest BCUT2D eigenvalue weighted by molar-refractivity contribution is -0.119.